The zero-order valence-electron chi connectivity index (χ0n) is 11.4. The first kappa shape index (κ1) is 14.2. The number of quaternary nitrogens is 1. The van der Waals surface area contributed by atoms with E-state index in [2.05, 4.69) is 45.0 Å². The summed E-state index contributed by atoms with van der Waals surface area (Å²) in [5.74, 6) is 0.598. The lowest BCUT2D eigenvalue weighted by molar-refractivity contribution is -0.914. The van der Waals surface area contributed by atoms with E-state index in [1.54, 1.807) is 0 Å². The van der Waals surface area contributed by atoms with Crippen molar-refractivity contribution in [3.05, 3.63) is 35.4 Å². The average Bonchev–Trinajstić information content (AvgIpc) is 2.30. The largest absolute Gasteiger partial charge is 0.391 e. The zero-order valence-corrected chi connectivity index (χ0v) is 11.4. The van der Waals surface area contributed by atoms with Crippen molar-refractivity contribution in [2.24, 2.45) is 0 Å². The van der Waals surface area contributed by atoms with Gasteiger partial charge in [0.25, 0.3) is 0 Å². The van der Waals surface area contributed by atoms with Crippen LogP contribution in [-0.2, 0) is 6.54 Å². The molecule has 0 amide bonds. The number of hydrogen-bond acceptors (Lipinski definition) is 1. The van der Waals surface area contributed by atoms with E-state index in [1.807, 2.05) is 0 Å². The van der Waals surface area contributed by atoms with Gasteiger partial charge in [0, 0.05) is 5.56 Å². The number of aliphatic hydroxyl groups excluding tert-OH is 1. The molecule has 0 radical (unpaired) electrons. The van der Waals surface area contributed by atoms with Crippen molar-refractivity contribution in [1.29, 1.82) is 0 Å². The van der Waals surface area contributed by atoms with Gasteiger partial charge in [-0.1, -0.05) is 45.0 Å². The van der Waals surface area contributed by atoms with E-state index in [-0.39, 0.29) is 6.61 Å². The average molecular weight is 236 g/mol. The molecule has 0 spiro atoms. The first-order chi connectivity index (χ1) is 8.17. The zero-order chi connectivity index (χ0) is 12.7. The fraction of sp³-hybridized carbons (Fsp3) is 0.600. The van der Waals surface area contributed by atoms with Crippen molar-refractivity contribution in [2.45, 2.75) is 39.7 Å². The van der Waals surface area contributed by atoms with Crippen LogP contribution in [0.25, 0.3) is 0 Å². The van der Waals surface area contributed by atoms with Gasteiger partial charge in [0.15, 0.2) is 0 Å². The summed E-state index contributed by atoms with van der Waals surface area (Å²) in [6.07, 6.45) is 1.17. The molecule has 0 aliphatic rings. The van der Waals surface area contributed by atoms with E-state index in [0.29, 0.717) is 5.92 Å². The molecule has 2 nitrogen and oxygen atoms in total. The maximum absolute atomic E-state index is 9.04. The van der Waals surface area contributed by atoms with Gasteiger partial charge >= 0.3 is 0 Å². The highest BCUT2D eigenvalue weighted by Gasteiger charge is 2.08. The second-order valence-electron chi connectivity index (χ2n) is 5.05. The Kier molecular flexibility index (Phi) is 6.23. The summed E-state index contributed by atoms with van der Waals surface area (Å²) in [4.78, 5) is 1.47. The molecule has 0 saturated heterocycles. The minimum atomic E-state index is 0.277. The van der Waals surface area contributed by atoms with Gasteiger partial charge in [0.1, 0.15) is 13.1 Å². The quantitative estimate of drug-likeness (QED) is 0.738. The lowest BCUT2D eigenvalue weighted by atomic mass is 10.0. The molecule has 2 heteroatoms. The van der Waals surface area contributed by atoms with E-state index in [4.69, 9.17) is 5.11 Å². The molecule has 0 aliphatic heterocycles. The van der Waals surface area contributed by atoms with Crippen LogP contribution in [0.5, 0.6) is 0 Å². The third kappa shape index (κ3) is 4.88. The summed E-state index contributed by atoms with van der Waals surface area (Å²) >= 11 is 0. The molecule has 0 aromatic heterocycles. The van der Waals surface area contributed by atoms with Crippen LogP contribution in [-0.4, -0.2) is 24.8 Å². The molecular formula is C15H26NO+. The van der Waals surface area contributed by atoms with Crippen molar-refractivity contribution < 1.29 is 10.0 Å². The van der Waals surface area contributed by atoms with Gasteiger partial charge in [-0.15, -0.1) is 0 Å². The summed E-state index contributed by atoms with van der Waals surface area (Å²) in [6, 6.07) is 8.90. The van der Waals surface area contributed by atoms with Gasteiger partial charge < -0.3 is 10.0 Å². The molecule has 96 valence electrons. The van der Waals surface area contributed by atoms with Crippen LogP contribution in [0, 0.1) is 0 Å². The molecular weight excluding hydrogens is 210 g/mol. The third-order valence-corrected chi connectivity index (χ3v) is 3.17. The lowest BCUT2D eigenvalue weighted by Gasteiger charge is -2.18. The van der Waals surface area contributed by atoms with Gasteiger partial charge in [-0.25, -0.2) is 0 Å². The van der Waals surface area contributed by atoms with Gasteiger partial charge in [0.2, 0.25) is 0 Å². The molecule has 17 heavy (non-hydrogen) atoms. The molecule has 0 fully saturated rings. The summed E-state index contributed by atoms with van der Waals surface area (Å²) < 4.78 is 0. The number of benzene rings is 1. The van der Waals surface area contributed by atoms with Crippen molar-refractivity contribution in [3.8, 4) is 0 Å². The summed E-state index contributed by atoms with van der Waals surface area (Å²) in [6.45, 7) is 9.91. The smallest absolute Gasteiger partial charge is 0.103 e. The van der Waals surface area contributed by atoms with Crippen molar-refractivity contribution in [2.75, 3.05) is 19.7 Å². The maximum Gasteiger partial charge on any atom is 0.103 e. The van der Waals surface area contributed by atoms with Crippen molar-refractivity contribution >= 4 is 0 Å². The van der Waals surface area contributed by atoms with Gasteiger partial charge in [0.05, 0.1) is 13.2 Å². The Labute approximate surface area is 105 Å². The van der Waals surface area contributed by atoms with E-state index in [0.717, 1.165) is 19.6 Å². The lowest BCUT2D eigenvalue weighted by Crippen LogP contribution is -3.11. The topological polar surface area (TPSA) is 24.7 Å². The molecule has 2 N–H and O–H groups in total. The Morgan fingerprint density at radius 2 is 1.76 bits per heavy atom. The summed E-state index contributed by atoms with van der Waals surface area (Å²) in [7, 11) is 0. The van der Waals surface area contributed by atoms with Crippen LogP contribution < -0.4 is 4.90 Å². The highest BCUT2D eigenvalue weighted by Crippen LogP contribution is 2.14. The van der Waals surface area contributed by atoms with Crippen LogP contribution in [0.4, 0.5) is 0 Å². The Hall–Kier alpha value is -0.860. The molecule has 1 rings (SSSR count). The van der Waals surface area contributed by atoms with E-state index in [9.17, 15) is 0 Å². The van der Waals surface area contributed by atoms with Crippen LogP contribution in [0.3, 0.4) is 0 Å². The molecule has 0 aliphatic carbocycles. The fourth-order valence-corrected chi connectivity index (χ4v) is 2.12. The van der Waals surface area contributed by atoms with Crippen LogP contribution >= 0.6 is 0 Å². The van der Waals surface area contributed by atoms with Gasteiger partial charge in [-0.3, -0.25) is 0 Å². The van der Waals surface area contributed by atoms with Gasteiger partial charge in [-0.2, -0.15) is 0 Å². The Morgan fingerprint density at radius 1 is 1.12 bits per heavy atom. The minimum absolute atomic E-state index is 0.277. The predicted octanol–water partition coefficient (Wildman–Crippen LogP) is 1.60. The predicted molar refractivity (Wildman–Crippen MR) is 72.3 cm³/mol. The number of aliphatic hydroxyl groups is 1. The normalized spacial score (nSPS) is 13.0. The number of hydrogen-bond donors (Lipinski definition) is 2. The summed E-state index contributed by atoms with van der Waals surface area (Å²) in [5, 5.41) is 9.04. The van der Waals surface area contributed by atoms with E-state index < -0.39 is 0 Å². The standard InChI is InChI=1S/C15H25NO/c1-4-9-16(10-11-17)12-14-5-7-15(8-6-14)13(2)3/h5-8,13,17H,4,9-12H2,1-3H3/p+1. The first-order valence-electron chi connectivity index (χ1n) is 6.70. The van der Waals surface area contributed by atoms with E-state index in [1.165, 1.54) is 22.4 Å². The molecule has 1 unspecified atom stereocenters. The third-order valence-electron chi connectivity index (χ3n) is 3.17. The highest BCUT2D eigenvalue weighted by molar-refractivity contribution is 5.24. The Bertz CT molecular complexity index is 299. The Balaban J connectivity index is 2.59. The molecule has 0 saturated carbocycles. The SMILES string of the molecule is CCC[NH+](CCO)Cc1ccc(C(C)C)cc1. The molecule has 0 bridgehead atoms. The first-order valence-corrected chi connectivity index (χ1v) is 6.70. The molecule has 0 heterocycles. The maximum atomic E-state index is 9.04. The van der Waals surface area contributed by atoms with Crippen molar-refractivity contribution in [1.82, 2.24) is 0 Å². The molecule has 1 aromatic rings. The Morgan fingerprint density at radius 3 is 2.24 bits per heavy atom. The van der Waals surface area contributed by atoms with Crippen LogP contribution in [0.2, 0.25) is 0 Å². The second-order valence-corrected chi connectivity index (χ2v) is 5.05. The van der Waals surface area contributed by atoms with Crippen LogP contribution in [0.1, 0.15) is 44.2 Å². The highest BCUT2D eigenvalue weighted by atomic mass is 16.3. The molecule has 1 atom stereocenters. The molecule has 1 aromatic carbocycles. The number of rotatable bonds is 7. The fourth-order valence-electron chi connectivity index (χ4n) is 2.12. The monoisotopic (exact) mass is 236 g/mol. The summed E-state index contributed by atoms with van der Waals surface area (Å²) in [5.41, 5.74) is 2.76. The number of nitrogens with one attached hydrogen (secondary N) is 1. The van der Waals surface area contributed by atoms with Gasteiger partial charge in [-0.05, 0) is 17.9 Å². The van der Waals surface area contributed by atoms with Crippen molar-refractivity contribution in [3.63, 3.8) is 0 Å². The minimum Gasteiger partial charge on any atom is -0.391 e. The second kappa shape index (κ2) is 7.46. The van der Waals surface area contributed by atoms with E-state index >= 15 is 0 Å². The van der Waals surface area contributed by atoms with Crippen LogP contribution in [0.15, 0.2) is 24.3 Å².